The number of thiophene rings is 1. The molecule has 0 unspecified atom stereocenters. The molecule has 0 saturated carbocycles. The Kier molecular flexibility index (Phi) is 5.64. The molecule has 1 aliphatic heterocycles. The molecule has 2 aromatic rings. The van der Waals surface area contributed by atoms with Crippen LogP contribution in [0.3, 0.4) is 0 Å². The molecule has 3 rings (SSSR count). The summed E-state index contributed by atoms with van der Waals surface area (Å²) in [4.78, 5) is 18.4. The Labute approximate surface area is 160 Å². The van der Waals surface area contributed by atoms with Crippen molar-refractivity contribution in [1.82, 2.24) is 10.2 Å². The lowest BCUT2D eigenvalue weighted by Crippen LogP contribution is -2.52. The summed E-state index contributed by atoms with van der Waals surface area (Å²) in [5.74, 6) is 0. The predicted molar refractivity (Wildman–Crippen MR) is 101 cm³/mol. The molecule has 1 atom stereocenters. The van der Waals surface area contributed by atoms with Gasteiger partial charge in [-0.2, -0.15) is 13.2 Å². The monoisotopic (exact) mass is 397 g/mol. The Bertz CT molecular complexity index is 797. The van der Waals surface area contributed by atoms with Crippen molar-refractivity contribution in [1.29, 1.82) is 0 Å². The van der Waals surface area contributed by atoms with Crippen molar-refractivity contribution in [3.8, 4) is 0 Å². The van der Waals surface area contributed by atoms with Crippen LogP contribution < -0.4 is 10.2 Å². The van der Waals surface area contributed by atoms with Gasteiger partial charge in [0.05, 0.1) is 11.6 Å². The topological polar surface area (TPSA) is 35.6 Å². The molecule has 1 aromatic heterocycles. The van der Waals surface area contributed by atoms with Crippen LogP contribution in [0.5, 0.6) is 0 Å². The molecular formula is C19H22F3N3OS. The van der Waals surface area contributed by atoms with E-state index < -0.39 is 11.7 Å². The van der Waals surface area contributed by atoms with Gasteiger partial charge in [-0.05, 0) is 44.2 Å². The maximum Gasteiger partial charge on any atom is 0.416 e. The smallest absolute Gasteiger partial charge is 0.368 e. The zero-order valence-corrected chi connectivity index (χ0v) is 16.0. The van der Waals surface area contributed by atoms with Gasteiger partial charge in [0, 0.05) is 41.6 Å². The number of piperazine rings is 1. The average molecular weight is 397 g/mol. The highest BCUT2D eigenvalue weighted by atomic mass is 32.1. The van der Waals surface area contributed by atoms with Crippen molar-refractivity contribution >= 4 is 23.1 Å². The Morgan fingerprint density at radius 1 is 1.15 bits per heavy atom. The number of nitrogens with zero attached hydrogens (tertiary/aromatic N) is 2. The summed E-state index contributed by atoms with van der Waals surface area (Å²) in [5, 5.41) is 2.99. The molecule has 0 spiro atoms. The van der Waals surface area contributed by atoms with Gasteiger partial charge < -0.3 is 15.1 Å². The summed E-state index contributed by atoms with van der Waals surface area (Å²) >= 11 is 1.65. The third-order valence-electron chi connectivity index (χ3n) is 4.63. The Morgan fingerprint density at radius 3 is 2.44 bits per heavy atom. The fourth-order valence-corrected chi connectivity index (χ4v) is 3.96. The summed E-state index contributed by atoms with van der Waals surface area (Å²) in [5.41, 5.74) is -0.118. The summed E-state index contributed by atoms with van der Waals surface area (Å²) in [6.45, 7) is 5.91. The van der Waals surface area contributed by atoms with Gasteiger partial charge in [-0.3, -0.25) is 0 Å². The van der Waals surface area contributed by atoms with Gasteiger partial charge in [0.1, 0.15) is 0 Å². The van der Waals surface area contributed by atoms with E-state index in [0.717, 1.165) is 17.0 Å². The van der Waals surface area contributed by atoms with E-state index in [0.29, 0.717) is 31.9 Å². The van der Waals surface area contributed by atoms with E-state index in [-0.39, 0.29) is 12.1 Å². The second-order valence-electron chi connectivity index (χ2n) is 6.64. The van der Waals surface area contributed by atoms with Crippen LogP contribution in [0, 0.1) is 6.92 Å². The molecule has 1 fully saturated rings. The number of hydrogen-bond acceptors (Lipinski definition) is 3. The number of anilines is 1. The number of alkyl halides is 3. The lowest BCUT2D eigenvalue weighted by atomic mass is 10.1. The zero-order chi connectivity index (χ0) is 19.6. The normalized spacial score (nSPS) is 16.3. The maximum absolute atomic E-state index is 12.9. The highest BCUT2D eigenvalue weighted by molar-refractivity contribution is 7.12. The molecule has 1 saturated heterocycles. The fraction of sp³-hybridized carbons (Fsp3) is 0.421. The first-order valence-corrected chi connectivity index (χ1v) is 9.59. The lowest BCUT2D eigenvalue weighted by Gasteiger charge is -2.36. The summed E-state index contributed by atoms with van der Waals surface area (Å²) in [7, 11) is 0. The van der Waals surface area contributed by atoms with Crippen molar-refractivity contribution in [3.05, 3.63) is 51.7 Å². The fourth-order valence-electron chi connectivity index (χ4n) is 3.08. The van der Waals surface area contributed by atoms with Gasteiger partial charge in [-0.1, -0.05) is 6.07 Å². The molecule has 2 heterocycles. The highest BCUT2D eigenvalue weighted by Crippen LogP contribution is 2.32. The van der Waals surface area contributed by atoms with Crippen LogP contribution >= 0.6 is 11.3 Å². The molecule has 1 aliphatic rings. The number of amides is 2. The van der Waals surface area contributed by atoms with Crippen LogP contribution in [0.4, 0.5) is 23.7 Å². The molecule has 8 heteroatoms. The third-order valence-corrected chi connectivity index (χ3v) is 5.82. The van der Waals surface area contributed by atoms with E-state index >= 15 is 0 Å². The highest BCUT2D eigenvalue weighted by Gasteiger charge is 2.31. The number of nitrogens with one attached hydrogen (secondary N) is 1. The van der Waals surface area contributed by atoms with Crippen molar-refractivity contribution in [3.63, 3.8) is 0 Å². The first-order chi connectivity index (χ1) is 12.7. The average Bonchev–Trinajstić information content (AvgIpc) is 3.08. The molecule has 0 bridgehead atoms. The van der Waals surface area contributed by atoms with E-state index in [4.69, 9.17) is 0 Å². The number of carbonyl (C=O) groups excluding carboxylic acids is 1. The van der Waals surface area contributed by atoms with Gasteiger partial charge in [-0.15, -0.1) is 11.3 Å². The minimum atomic E-state index is -4.35. The number of carbonyl (C=O) groups is 1. The Balaban J connectivity index is 1.56. The second-order valence-corrected chi connectivity index (χ2v) is 7.96. The molecule has 2 amide bonds. The van der Waals surface area contributed by atoms with E-state index in [1.165, 1.54) is 10.9 Å². The van der Waals surface area contributed by atoms with Crippen LogP contribution in [-0.4, -0.2) is 37.1 Å². The minimum Gasteiger partial charge on any atom is -0.368 e. The third kappa shape index (κ3) is 4.74. The van der Waals surface area contributed by atoms with Gasteiger partial charge in [0.2, 0.25) is 0 Å². The van der Waals surface area contributed by atoms with Gasteiger partial charge in [-0.25, -0.2) is 4.79 Å². The molecule has 0 radical (unpaired) electrons. The number of rotatable bonds is 3. The lowest BCUT2D eigenvalue weighted by molar-refractivity contribution is -0.137. The van der Waals surface area contributed by atoms with Crippen molar-refractivity contribution in [2.75, 3.05) is 31.1 Å². The molecule has 27 heavy (non-hydrogen) atoms. The van der Waals surface area contributed by atoms with Crippen LogP contribution in [0.2, 0.25) is 0 Å². The maximum atomic E-state index is 12.9. The molecule has 146 valence electrons. The van der Waals surface area contributed by atoms with Gasteiger partial charge in [0.15, 0.2) is 0 Å². The van der Waals surface area contributed by atoms with Gasteiger partial charge >= 0.3 is 12.2 Å². The van der Waals surface area contributed by atoms with Crippen molar-refractivity contribution < 1.29 is 18.0 Å². The minimum absolute atomic E-state index is 0.0716. The molecule has 1 N–H and O–H groups in total. The summed E-state index contributed by atoms with van der Waals surface area (Å²) in [6, 6.07) is 9.15. The number of urea groups is 1. The summed E-state index contributed by atoms with van der Waals surface area (Å²) < 4.78 is 38.7. The number of aryl methyl sites for hydroxylation is 1. The first-order valence-electron chi connectivity index (χ1n) is 8.78. The van der Waals surface area contributed by atoms with Gasteiger partial charge in [0.25, 0.3) is 0 Å². The Hall–Kier alpha value is -2.22. The number of halogens is 3. The quantitative estimate of drug-likeness (QED) is 0.817. The second kappa shape index (κ2) is 7.80. The number of benzene rings is 1. The molecular weight excluding hydrogens is 375 g/mol. The van der Waals surface area contributed by atoms with E-state index in [1.54, 1.807) is 22.3 Å². The first kappa shape index (κ1) is 19.5. The zero-order valence-electron chi connectivity index (χ0n) is 15.2. The SMILES string of the molecule is Cc1ccc([C@@H](C)NC(=O)N2CCN(c3cccc(C(F)(F)F)c3)CC2)s1. The molecule has 0 aliphatic carbocycles. The molecule has 4 nitrogen and oxygen atoms in total. The standard InChI is InChI=1S/C19H22F3N3OS/c1-13-6-7-17(27-13)14(2)23-18(26)25-10-8-24(9-11-25)16-5-3-4-15(12-16)19(20,21)22/h3-7,12,14H,8-11H2,1-2H3,(H,23,26)/t14-/m1/s1. The molecule has 1 aromatic carbocycles. The van der Waals surface area contributed by atoms with E-state index in [2.05, 4.69) is 5.32 Å². The van der Waals surface area contributed by atoms with Crippen LogP contribution in [0.15, 0.2) is 36.4 Å². The van der Waals surface area contributed by atoms with Crippen LogP contribution in [0.25, 0.3) is 0 Å². The van der Waals surface area contributed by atoms with Crippen molar-refractivity contribution in [2.45, 2.75) is 26.1 Å². The Morgan fingerprint density at radius 2 is 1.85 bits per heavy atom. The predicted octanol–water partition coefficient (Wildman–Crippen LogP) is 4.67. The van der Waals surface area contributed by atoms with E-state index in [9.17, 15) is 18.0 Å². The van der Waals surface area contributed by atoms with Crippen molar-refractivity contribution in [2.24, 2.45) is 0 Å². The number of hydrogen-bond donors (Lipinski definition) is 1. The van der Waals surface area contributed by atoms with Crippen LogP contribution in [-0.2, 0) is 6.18 Å². The van der Waals surface area contributed by atoms with E-state index in [1.807, 2.05) is 30.9 Å². The largest absolute Gasteiger partial charge is 0.416 e. The van der Waals surface area contributed by atoms with Crippen LogP contribution in [0.1, 0.15) is 28.3 Å². The summed E-state index contributed by atoms with van der Waals surface area (Å²) in [6.07, 6.45) is -4.35.